The molecule has 1 aromatic rings. The Bertz CT molecular complexity index is 359. The first-order valence-electron chi connectivity index (χ1n) is 5.40. The highest BCUT2D eigenvalue weighted by Crippen LogP contribution is 2.27. The lowest BCUT2D eigenvalue weighted by molar-refractivity contribution is -0.677. The molecule has 2 atom stereocenters. The van der Waals surface area contributed by atoms with Gasteiger partial charge in [0.1, 0.15) is 11.9 Å². The van der Waals surface area contributed by atoms with Gasteiger partial charge >= 0.3 is 5.97 Å². The van der Waals surface area contributed by atoms with Crippen LogP contribution < -0.4 is 4.57 Å². The molecule has 1 N–H and O–H groups in total. The molecule has 0 aromatic carbocycles. The van der Waals surface area contributed by atoms with E-state index >= 15 is 0 Å². The number of H-pyrrole nitrogens is 1. The van der Waals surface area contributed by atoms with Gasteiger partial charge in [0.15, 0.2) is 0 Å². The average Bonchev–Trinajstić information content (AvgIpc) is 2.76. The van der Waals surface area contributed by atoms with Crippen LogP contribution in [0, 0.1) is 11.8 Å². The third kappa shape index (κ3) is 1.89. The molecule has 4 nitrogen and oxygen atoms in total. The summed E-state index contributed by atoms with van der Waals surface area (Å²) in [5.41, 5.74) is 1.22. The molecule has 1 saturated heterocycles. The lowest BCUT2D eigenvalue weighted by Crippen LogP contribution is -2.32. The van der Waals surface area contributed by atoms with Crippen LogP contribution in [0.3, 0.4) is 0 Å². The van der Waals surface area contributed by atoms with Crippen LogP contribution in [0.2, 0.25) is 0 Å². The predicted molar refractivity (Wildman–Crippen MR) is 53.9 cm³/mol. The van der Waals surface area contributed by atoms with Crippen molar-refractivity contribution in [3.05, 3.63) is 18.2 Å². The molecule has 0 saturated carbocycles. The molecule has 0 spiro atoms. The van der Waals surface area contributed by atoms with Crippen LogP contribution in [-0.4, -0.2) is 17.6 Å². The Labute approximate surface area is 89.3 Å². The first-order chi connectivity index (χ1) is 7.22. The topological polar surface area (TPSA) is 46.0 Å². The van der Waals surface area contributed by atoms with E-state index in [0.29, 0.717) is 12.5 Å². The average molecular weight is 209 g/mol. The van der Waals surface area contributed by atoms with E-state index in [9.17, 15) is 4.79 Å². The number of esters is 1. The number of imidazole rings is 1. The highest BCUT2D eigenvalue weighted by molar-refractivity contribution is 5.74. The highest BCUT2D eigenvalue weighted by Gasteiger charge is 2.36. The van der Waals surface area contributed by atoms with Gasteiger partial charge in [0, 0.05) is 12.3 Å². The van der Waals surface area contributed by atoms with Gasteiger partial charge in [-0.1, -0.05) is 6.92 Å². The lowest BCUT2D eigenvalue weighted by Gasteiger charge is -2.10. The number of cyclic esters (lactones) is 1. The van der Waals surface area contributed by atoms with E-state index in [-0.39, 0.29) is 11.9 Å². The van der Waals surface area contributed by atoms with Crippen LogP contribution in [0.15, 0.2) is 12.5 Å². The third-order valence-electron chi connectivity index (χ3n) is 3.19. The molecular weight excluding hydrogens is 192 g/mol. The number of nitrogens with zero attached hydrogens (tertiary/aromatic N) is 1. The second-order valence-electron chi connectivity index (χ2n) is 4.15. The van der Waals surface area contributed by atoms with E-state index in [1.807, 2.05) is 26.5 Å². The van der Waals surface area contributed by atoms with Crippen molar-refractivity contribution in [2.75, 3.05) is 6.61 Å². The zero-order valence-electron chi connectivity index (χ0n) is 9.19. The van der Waals surface area contributed by atoms with Crippen molar-refractivity contribution in [1.29, 1.82) is 0 Å². The fourth-order valence-electron chi connectivity index (χ4n) is 2.21. The minimum Gasteiger partial charge on any atom is -0.465 e. The van der Waals surface area contributed by atoms with Gasteiger partial charge in [-0.25, -0.2) is 9.55 Å². The van der Waals surface area contributed by atoms with Crippen molar-refractivity contribution in [3.8, 4) is 0 Å². The SMILES string of the molecule is CCC1C(=O)OC[C@@H]1Cc1c[nH]c[n+]1C. The van der Waals surface area contributed by atoms with Gasteiger partial charge in [0.25, 0.3) is 0 Å². The molecular formula is C11H17N2O2+. The zero-order chi connectivity index (χ0) is 10.8. The molecule has 2 heterocycles. The third-order valence-corrected chi connectivity index (χ3v) is 3.19. The molecule has 4 heteroatoms. The smallest absolute Gasteiger partial charge is 0.309 e. The van der Waals surface area contributed by atoms with E-state index in [2.05, 4.69) is 9.55 Å². The molecule has 1 aromatic heterocycles. The van der Waals surface area contributed by atoms with Crippen LogP contribution in [-0.2, 0) is 23.0 Å². The van der Waals surface area contributed by atoms with E-state index in [1.165, 1.54) is 5.69 Å². The maximum Gasteiger partial charge on any atom is 0.309 e. The Kier molecular flexibility index (Phi) is 2.75. The Hall–Kier alpha value is -1.32. The summed E-state index contributed by atoms with van der Waals surface area (Å²) in [6.07, 6.45) is 5.67. The summed E-state index contributed by atoms with van der Waals surface area (Å²) in [7, 11) is 2.00. The number of aromatic amines is 1. The van der Waals surface area contributed by atoms with Gasteiger partial charge in [-0.15, -0.1) is 0 Å². The number of hydrogen-bond donors (Lipinski definition) is 1. The number of nitrogens with one attached hydrogen (secondary N) is 1. The van der Waals surface area contributed by atoms with Gasteiger partial charge in [0.2, 0.25) is 6.33 Å². The van der Waals surface area contributed by atoms with Crippen LogP contribution in [0.5, 0.6) is 0 Å². The maximum atomic E-state index is 11.4. The monoisotopic (exact) mass is 209 g/mol. The van der Waals surface area contributed by atoms with Crippen LogP contribution in [0.25, 0.3) is 0 Å². The van der Waals surface area contributed by atoms with Crippen molar-refractivity contribution in [2.24, 2.45) is 18.9 Å². The summed E-state index contributed by atoms with van der Waals surface area (Å²) in [6.45, 7) is 2.61. The maximum absolute atomic E-state index is 11.4. The molecule has 1 aliphatic rings. The Morgan fingerprint density at radius 2 is 2.47 bits per heavy atom. The predicted octanol–water partition coefficient (Wildman–Crippen LogP) is 0.581. The molecule has 1 fully saturated rings. The molecule has 15 heavy (non-hydrogen) atoms. The first kappa shape index (κ1) is 10.2. The van der Waals surface area contributed by atoms with Crippen LogP contribution in [0.4, 0.5) is 0 Å². The van der Waals surface area contributed by atoms with Crippen molar-refractivity contribution in [3.63, 3.8) is 0 Å². The van der Waals surface area contributed by atoms with E-state index in [1.54, 1.807) is 0 Å². The van der Waals surface area contributed by atoms with Gasteiger partial charge in [-0.05, 0) is 6.42 Å². The fourth-order valence-corrected chi connectivity index (χ4v) is 2.21. The minimum atomic E-state index is -0.0271. The van der Waals surface area contributed by atoms with Crippen molar-refractivity contribution < 1.29 is 14.1 Å². The molecule has 0 radical (unpaired) electrons. The number of hydrogen-bond acceptors (Lipinski definition) is 2. The van der Waals surface area contributed by atoms with E-state index < -0.39 is 0 Å². The van der Waals surface area contributed by atoms with E-state index in [0.717, 1.165) is 12.8 Å². The largest absolute Gasteiger partial charge is 0.465 e. The minimum absolute atomic E-state index is 0.0271. The second-order valence-corrected chi connectivity index (χ2v) is 4.15. The Morgan fingerprint density at radius 3 is 3.07 bits per heavy atom. The van der Waals surface area contributed by atoms with Crippen molar-refractivity contribution in [1.82, 2.24) is 4.98 Å². The molecule has 0 aliphatic carbocycles. The quantitative estimate of drug-likeness (QED) is 0.584. The number of aromatic nitrogens is 2. The summed E-state index contributed by atoms with van der Waals surface area (Å²) >= 11 is 0. The standard InChI is InChI=1S/C11H16N2O2/c1-3-10-8(6-15-11(10)14)4-9-5-12-7-13(9)2/h5,7-8,10H,3-4,6H2,1-2H3/p+1/t8-,10?/m0/s1. The molecule has 82 valence electrons. The number of aryl methyl sites for hydroxylation is 1. The molecule has 0 bridgehead atoms. The van der Waals surface area contributed by atoms with Crippen LogP contribution >= 0.6 is 0 Å². The summed E-state index contributed by atoms with van der Waals surface area (Å²) < 4.78 is 7.15. The number of ether oxygens (including phenoxy) is 1. The summed E-state index contributed by atoms with van der Waals surface area (Å²) in [5, 5.41) is 0. The van der Waals surface area contributed by atoms with Gasteiger partial charge in [-0.2, -0.15) is 0 Å². The molecule has 0 amide bonds. The summed E-state index contributed by atoms with van der Waals surface area (Å²) in [6, 6.07) is 0. The number of rotatable bonds is 3. The number of carbonyl (C=O) groups is 1. The first-order valence-corrected chi connectivity index (χ1v) is 5.40. The Morgan fingerprint density at radius 1 is 1.67 bits per heavy atom. The van der Waals surface area contributed by atoms with Gasteiger partial charge in [0.05, 0.1) is 19.6 Å². The van der Waals surface area contributed by atoms with Gasteiger partial charge < -0.3 is 4.74 Å². The Balaban J connectivity index is 2.06. The molecule has 2 rings (SSSR count). The fraction of sp³-hybridized carbons (Fsp3) is 0.636. The molecule has 1 unspecified atom stereocenters. The second kappa shape index (κ2) is 4.04. The highest BCUT2D eigenvalue weighted by atomic mass is 16.5. The van der Waals surface area contributed by atoms with E-state index in [4.69, 9.17) is 4.74 Å². The van der Waals surface area contributed by atoms with Crippen molar-refractivity contribution in [2.45, 2.75) is 19.8 Å². The normalized spacial score (nSPS) is 25.6. The summed E-state index contributed by atoms with van der Waals surface area (Å²) in [5.74, 6) is 0.394. The van der Waals surface area contributed by atoms with Crippen molar-refractivity contribution >= 4 is 5.97 Å². The summed E-state index contributed by atoms with van der Waals surface area (Å²) in [4.78, 5) is 14.4. The van der Waals surface area contributed by atoms with Gasteiger partial charge in [-0.3, -0.25) is 4.79 Å². The number of carbonyl (C=O) groups excluding carboxylic acids is 1. The van der Waals surface area contributed by atoms with Crippen LogP contribution in [0.1, 0.15) is 19.0 Å². The lowest BCUT2D eigenvalue weighted by atomic mass is 9.89. The zero-order valence-corrected chi connectivity index (χ0v) is 9.19. The molecule has 1 aliphatic heterocycles.